The first-order valence-corrected chi connectivity index (χ1v) is 11.5. The second-order valence-electron chi connectivity index (χ2n) is 7.88. The molecule has 0 heterocycles. The Balaban J connectivity index is 1.90. The molecule has 0 amide bonds. The fourth-order valence-corrected chi connectivity index (χ4v) is 4.25. The summed E-state index contributed by atoms with van der Waals surface area (Å²) in [4.78, 5) is 17.9. The Morgan fingerprint density at radius 1 is 1.15 bits per heavy atom. The molecule has 0 saturated carbocycles. The van der Waals surface area contributed by atoms with Crippen molar-refractivity contribution < 1.29 is 24.0 Å². The van der Waals surface area contributed by atoms with Gasteiger partial charge in [0.1, 0.15) is 0 Å². The van der Waals surface area contributed by atoms with Crippen molar-refractivity contribution in [3.63, 3.8) is 0 Å². The van der Waals surface area contributed by atoms with Gasteiger partial charge < -0.3 is 20.6 Å². The zero-order valence-corrected chi connectivity index (χ0v) is 17.2. The number of fused-ring (bicyclic) bond motifs is 1. The molecule has 1 aliphatic rings. The van der Waals surface area contributed by atoms with Crippen LogP contribution >= 0.6 is 7.82 Å². The van der Waals surface area contributed by atoms with Gasteiger partial charge in [0, 0.05) is 0 Å². The van der Waals surface area contributed by atoms with E-state index in [0.717, 1.165) is 6.42 Å². The molecule has 6 nitrogen and oxygen atoms in total. The van der Waals surface area contributed by atoms with Gasteiger partial charge in [0.25, 0.3) is 0 Å². The molecule has 2 rings (SSSR count). The van der Waals surface area contributed by atoms with Crippen molar-refractivity contribution in [2.45, 2.75) is 70.3 Å². The van der Waals surface area contributed by atoms with Crippen LogP contribution in [-0.2, 0) is 28.4 Å². The van der Waals surface area contributed by atoms with Crippen molar-refractivity contribution in [3.05, 3.63) is 34.9 Å². The summed E-state index contributed by atoms with van der Waals surface area (Å²) in [7, 11) is -4.61. The average Bonchev–Trinajstić information content (AvgIpc) is 3.06. The van der Waals surface area contributed by atoms with E-state index in [9.17, 15) is 9.67 Å². The van der Waals surface area contributed by atoms with Crippen molar-refractivity contribution in [3.8, 4) is 0 Å². The van der Waals surface area contributed by atoms with Crippen LogP contribution in [0, 0.1) is 5.92 Å². The maximum atomic E-state index is 11.0. The Labute approximate surface area is 162 Å². The van der Waals surface area contributed by atoms with E-state index in [1.165, 1.54) is 55.2 Å². The van der Waals surface area contributed by atoms with Gasteiger partial charge in [0.15, 0.2) is 0 Å². The number of phosphoric acid groups is 1. The molecule has 5 N–H and O–H groups in total. The van der Waals surface area contributed by atoms with Crippen molar-refractivity contribution in [1.82, 2.24) is 0 Å². The Morgan fingerprint density at radius 3 is 2.48 bits per heavy atom. The number of phosphoric ester groups is 1. The number of nitrogens with two attached hydrogens (primary N) is 1. The lowest BCUT2D eigenvalue weighted by atomic mass is 9.84. The normalized spacial score (nSPS) is 19.1. The van der Waals surface area contributed by atoms with Crippen LogP contribution in [0.5, 0.6) is 0 Å². The molecule has 7 heteroatoms. The number of benzene rings is 1. The molecule has 0 aliphatic heterocycles. The largest absolute Gasteiger partial charge is 0.469 e. The molecule has 1 aromatic rings. The highest BCUT2D eigenvalue weighted by molar-refractivity contribution is 7.46. The third-order valence-electron chi connectivity index (χ3n) is 5.63. The van der Waals surface area contributed by atoms with E-state index in [0.29, 0.717) is 12.8 Å². The van der Waals surface area contributed by atoms with E-state index < -0.39 is 13.4 Å². The van der Waals surface area contributed by atoms with Crippen LogP contribution in [0.3, 0.4) is 0 Å². The fraction of sp³-hybridized carbons (Fsp3) is 0.700. The topological polar surface area (TPSA) is 113 Å². The summed E-state index contributed by atoms with van der Waals surface area (Å²) in [5.41, 5.74) is 8.83. The van der Waals surface area contributed by atoms with Crippen molar-refractivity contribution in [1.29, 1.82) is 0 Å². The molecule has 2 atom stereocenters. The van der Waals surface area contributed by atoms with E-state index in [2.05, 4.69) is 29.6 Å². The van der Waals surface area contributed by atoms with Gasteiger partial charge in [0.05, 0.1) is 18.8 Å². The van der Waals surface area contributed by atoms with Gasteiger partial charge in [-0.25, -0.2) is 4.57 Å². The lowest BCUT2D eigenvalue weighted by Gasteiger charge is -2.33. The molecule has 27 heavy (non-hydrogen) atoms. The predicted molar refractivity (Wildman–Crippen MR) is 106 cm³/mol. The summed E-state index contributed by atoms with van der Waals surface area (Å²) >= 11 is 0. The molecular weight excluding hydrogens is 365 g/mol. The van der Waals surface area contributed by atoms with Gasteiger partial charge in [-0.1, -0.05) is 57.2 Å². The number of aryl methyl sites for hydroxylation is 1. The van der Waals surface area contributed by atoms with Crippen molar-refractivity contribution >= 4 is 7.82 Å². The van der Waals surface area contributed by atoms with Gasteiger partial charge in [-0.3, -0.25) is 4.52 Å². The zero-order valence-electron chi connectivity index (χ0n) is 16.3. The number of hydrogen-bond donors (Lipinski definition) is 4. The number of hydrogen-bond acceptors (Lipinski definition) is 4. The number of unbranched alkanes of at least 4 members (excludes halogenated alkanes) is 5. The van der Waals surface area contributed by atoms with E-state index in [-0.39, 0.29) is 19.1 Å². The quantitative estimate of drug-likeness (QED) is 0.317. The summed E-state index contributed by atoms with van der Waals surface area (Å²) in [5.74, 6) is -0.103. The lowest BCUT2D eigenvalue weighted by Crippen LogP contribution is -2.54. The van der Waals surface area contributed by atoms with Crippen LogP contribution in [0.15, 0.2) is 18.2 Å². The Bertz CT molecular complexity index is 647. The predicted octanol–water partition coefficient (Wildman–Crippen LogP) is 3.10. The summed E-state index contributed by atoms with van der Waals surface area (Å²) in [6, 6.07) is 6.52. The van der Waals surface area contributed by atoms with Crippen LogP contribution in [0.4, 0.5) is 0 Å². The molecule has 154 valence electrons. The monoisotopic (exact) mass is 399 g/mol. The van der Waals surface area contributed by atoms with Gasteiger partial charge in [-0.2, -0.15) is 0 Å². The molecule has 0 bridgehead atoms. The Kier molecular flexibility index (Phi) is 8.47. The van der Waals surface area contributed by atoms with Gasteiger partial charge >= 0.3 is 7.82 Å². The second kappa shape index (κ2) is 10.1. The minimum Gasteiger partial charge on any atom is -0.394 e. The number of rotatable bonds is 12. The third kappa shape index (κ3) is 6.97. The lowest BCUT2D eigenvalue weighted by molar-refractivity contribution is 0.0716. The highest BCUT2D eigenvalue weighted by Crippen LogP contribution is 2.39. The average molecular weight is 399 g/mol. The van der Waals surface area contributed by atoms with E-state index in [4.69, 9.17) is 15.5 Å². The maximum absolute atomic E-state index is 11.0. The van der Waals surface area contributed by atoms with E-state index in [1.54, 1.807) is 0 Å². The SMILES string of the molecule is CCCCCCCCc1ccc2c(c1)CC(C(N)(CO)COP(=O)(O)O)C2. The third-order valence-corrected chi connectivity index (χ3v) is 6.10. The van der Waals surface area contributed by atoms with Crippen LogP contribution in [0.2, 0.25) is 0 Å². The van der Waals surface area contributed by atoms with Gasteiger partial charge in [-0.05, 0) is 48.3 Å². The smallest absolute Gasteiger partial charge is 0.394 e. The van der Waals surface area contributed by atoms with E-state index >= 15 is 0 Å². The molecular formula is C20H34NO5P. The standard InChI is InChI=1S/C20H34NO5P/c1-2-3-4-5-6-7-8-16-9-10-17-12-19(13-18(17)11-16)20(21,14-22)15-26-27(23,24)25/h9-11,19,22H,2-8,12-15,21H2,1H3,(H2,23,24,25). The molecule has 1 aliphatic carbocycles. The van der Waals surface area contributed by atoms with Crippen molar-refractivity contribution in [2.75, 3.05) is 13.2 Å². The zero-order chi connectivity index (χ0) is 19.9. The molecule has 0 spiro atoms. The highest BCUT2D eigenvalue weighted by Gasteiger charge is 2.40. The van der Waals surface area contributed by atoms with Crippen LogP contribution in [-0.4, -0.2) is 33.6 Å². The summed E-state index contributed by atoms with van der Waals surface area (Å²) in [6.07, 6.45) is 10.1. The van der Waals surface area contributed by atoms with E-state index in [1.807, 2.05) is 0 Å². The summed E-state index contributed by atoms with van der Waals surface area (Å²) in [6.45, 7) is 1.48. The maximum Gasteiger partial charge on any atom is 0.469 e. The van der Waals surface area contributed by atoms with Gasteiger partial charge in [0.2, 0.25) is 0 Å². The Morgan fingerprint density at radius 2 is 1.81 bits per heavy atom. The summed E-state index contributed by atoms with van der Waals surface area (Å²) in [5, 5.41) is 9.72. The van der Waals surface area contributed by atoms with Crippen molar-refractivity contribution in [2.24, 2.45) is 11.7 Å². The summed E-state index contributed by atoms with van der Waals surface area (Å²) < 4.78 is 15.6. The molecule has 2 unspecified atom stereocenters. The second-order valence-corrected chi connectivity index (χ2v) is 9.12. The van der Waals surface area contributed by atoms with Crippen LogP contribution in [0.1, 0.15) is 62.1 Å². The molecule has 0 aromatic heterocycles. The molecule has 1 aromatic carbocycles. The minimum absolute atomic E-state index is 0.103. The molecule has 0 saturated heterocycles. The first kappa shape index (κ1) is 22.5. The first-order valence-electron chi connectivity index (χ1n) is 9.98. The minimum atomic E-state index is -4.61. The van der Waals surface area contributed by atoms with Crippen LogP contribution in [0.25, 0.3) is 0 Å². The number of aliphatic hydroxyl groups excluding tert-OH is 1. The fourth-order valence-electron chi connectivity index (χ4n) is 3.84. The molecule has 0 radical (unpaired) electrons. The molecule has 0 fully saturated rings. The van der Waals surface area contributed by atoms with Gasteiger partial charge in [-0.15, -0.1) is 0 Å². The number of aliphatic hydroxyl groups is 1. The first-order chi connectivity index (χ1) is 12.8. The highest BCUT2D eigenvalue weighted by atomic mass is 31.2. The van der Waals surface area contributed by atoms with Crippen LogP contribution < -0.4 is 5.73 Å². The Hall–Kier alpha value is -0.750.